The molecule has 7 heteroatoms. The van der Waals surface area contributed by atoms with E-state index in [1.165, 1.54) is 11.3 Å². The smallest absolute Gasteiger partial charge is 0.231 e. The number of benzene rings is 1. The number of rotatable bonds is 4. The van der Waals surface area contributed by atoms with Gasteiger partial charge in [-0.05, 0) is 23.6 Å². The van der Waals surface area contributed by atoms with E-state index in [1.54, 1.807) is 17.5 Å². The van der Waals surface area contributed by atoms with Crippen LogP contribution < -0.4 is 14.8 Å². The zero-order valence-corrected chi connectivity index (χ0v) is 14.0. The third-order valence-corrected chi connectivity index (χ3v) is 5.15. The fraction of sp³-hybridized carbons (Fsp3) is 0.0588. The number of aromatic nitrogens is 1. The Bertz CT molecular complexity index is 939. The largest absolute Gasteiger partial charge is 0.454 e. The molecule has 0 atom stereocenters. The monoisotopic (exact) mass is 353 g/mol. The van der Waals surface area contributed by atoms with Crippen LogP contribution in [0.2, 0.25) is 0 Å². The maximum atomic E-state index is 9.42. The third-order valence-electron chi connectivity index (χ3n) is 3.38. The molecule has 0 radical (unpaired) electrons. The summed E-state index contributed by atoms with van der Waals surface area (Å²) in [5, 5.41) is 17.2. The number of nitriles is 1. The summed E-state index contributed by atoms with van der Waals surface area (Å²) in [6, 6.07) is 11.7. The number of nitrogens with one attached hydrogen (secondary N) is 1. The van der Waals surface area contributed by atoms with E-state index >= 15 is 0 Å². The van der Waals surface area contributed by atoms with Crippen molar-refractivity contribution in [2.75, 3.05) is 12.1 Å². The highest BCUT2D eigenvalue weighted by Crippen LogP contribution is 2.34. The molecule has 1 aromatic carbocycles. The molecule has 4 rings (SSSR count). The van der Waals surface area contributed by atoms with Crippen LogP contribution in [0, 0.1) is 11.3 Å². The molecule has 0 saturated carbocycles. The summed E-state index contributed by atoms with van der Waals surface area (Å²) in [6.45, 7) is 0.239. The van der Waals surface area contributed by atoms with E-state index in [9.17, 15) is 5.26 Å². The van der Waals surface area contributed by atoms with Gasteiger partial charge in [0.2, 0.25) is 6.79 Å². The molecule has 2 aromatic heterocycles. The molecule has 5 nitrogen and oxygen atoms in total. The van der Waals surface area contributed by atoms with Crippen LogP contribution in [0.1, 0.15) is 5.01 Å². The van der Waals surface area contributed by atoms with Crippen LogP contribution >= 0.6 is 22.7 Å². The van der Waals surface area contributed by atoms with Crippen LogP contribution in [-0.4, -0.2) is 11.8 Å². The minimum atomic E-state index is 0.239. The van der Waals surface area contributed by atoms with Gasteiger partial charge in [0.25, 0.3) is 0 Å². The van der Waals surface area contributed by atoms with Crippen molar-refractivity contribution in [2.45, 2.75) is 0 Å². The molecule has 3 heterocycles. The molecule has 1 aliphatic heterocycles. The Balaban J connectivity index is 1.55. The minimum absolute atomic E-state index is 0.239. The highest BCUT2D eigenvalue weighted by molar-refractivity contribution is 7.14. The molecule has 0 amide bonds. The van der Waals surface area contributed by atoms with E-state index < -0.39 is 0 Å². The highest BCUT2D eigenvalue weighted by atomic mass is 32.1. The number of ether oxygens (including phenoxy) is 2. The lowest BCUT2D eigenvalue weighted by Gasteiger charge is -2.03. The molecule has 3 aromatic rings. The van der Waals surface area contributed by atoms with E-state index in [4.69, 9.17) is 9.47 Å². The topological polar surface area (TPSA) is 67.2 Å². The second-order valence-electron chi connectivity index (χ2n) is 4.90. The standard InChI is InChI=1S/C17H11N3O2S2/c18-7-11(17-20-13(9-24-17)16-2-1-5-23-16)8-19-12-3-4-14-15(6-12)22-10-21-14/h1-6,8-9,19H,10H2. The van der Waals surface area contributed by atoms with Gasteiger partial charge in [-0.15, -0.1) is 22.7 Å². The fourth-order valence-electron chi connectivity index (χ4n) is 2.22. The average molecular weight is 353 g/mol. The quantitative estimate of drug-likeness (QED) is 0.696. The molecule has 0 saturated heterocycles. The van der Waals surface area contributed by atoms with E-state index in [0.29, 0.717) is 16.3 Å². The van der Waals surface area contributed by atoms with Gasteiger partial charge in [-0.2, -0.15) is 5.26 Å². The van der Waals surface area contributed by atoms with Crippen LogP contribution in [0.4, 0.5) is 5.69 Å². The lowest BCUT2D eigenvalue weighted by Crippen LogP contribution is -1.93. The van der Waals surface area contributed by atoms with Crippen molar-refractivity contribution in [3.8, 4) is 28.1 Å². The van der Waals surface area contributed by atoms with Gasteiger partial charge in [-0.25, -0.2) is 4.98 Å². The van der Waals surface area contributed by atoms with Gasteiger partial charge in [-0.1, -0.05) is 6.07 Å². The predicted octanol–water partition coefficient (Wildman–Crippen LogP) is 4.58. The number of hydrogen-bond donors (Lipinski definition) is 1. The van der Waals surface area contributed by atoms with Gasteiger partial charge in [0, 0.05) is 23.3 Å². The molecule has 0 bridgehead atoms. The van der Waals surface area contributed by atoms with Gasteiger partial charge < -0.3 is 14.8 Å². The third kappa shape index (κ3) is 2.85. The van der Waals surface area contributed by atoms with E-state index in [0.717, 1.165) is 22.0 Å². The van der Waals surface area contributed by atoms with Gasteiger partial charge >= 0.3 is 0 Å². The fourth-order valence-corrected chi connectivity index (χ4v) is 3.76. The van der Waals surface area contributed by atoms with Crippen LogP contribution in [-0.2, 0) is 0 Å². The lowest BCUT2D eigenvalue weighted by atomic mass is 10.2. The Morgan fingerprint density at radius 2 is 2.17 bits per heavy atom. The first kappa shape index (κ1) is 14.8. The Kier molecular flexibility index (Phi) is 3.91. The lowest BCUT2D eigenvalue weighted by molar-refractivity contribution is 0.174. The number of thiophene rings is 1. The Hall–Kier alpha value is -2.82. The maximum Gasteiger partial charge on any atom is 0.231 e. The first-order valence-corrected chi connectivity index (χ1v) is 8.85. The molecule has 1 aliphatic rings. The minimum Gasteiger partial charge on any atom is -0.454 e. The van der Waals surface area contributed by atoms with E-state index in [-0.39, 0.29) is 6.79 Å². The van der Waals surface area contributed by atoms with Crippen molar-refractivity contribution >= 4 is 33.9 Å². The second-order valence-corrected chi connectivity index (χ2v) is 6.70. The van der Waals surface area contributed by atoms with Crippen molar-refractivity contribution < 1.29 is 9.47 Å². The van der Waals surface area contributed by atoms with E-state index in [2.05, 4.69) is 16.4 Å². The SMILES string of the molecule is N#CC(=CNc1ccc2c(c1)OCO2)c1nc(-c2cccs2)cs1. The number of nitrogens with zero attached hydrogens (tertiary/aromatic N) is 2. The summed E-state index contributed by atoms with van der Waals surface area (Å²) >= 11 is 3.09. The number of hydrogen-bond acceptors (Lipinski definition) is 7. The molecule has 0 spiro atoms. The number of fused-ring (bicyclic) bond motifs is 1. The molecule has 0 aliphatic carbocycles. The molecular weight excluding hydrogens is 342 g/mol. The number of allylic oxidation sites excluding steroid dienone is 1. The zero-order chi connectivity index (χ0) is 16.4. The van der Waals surface area contributed by atoms with Crippen LogP contribution in [0.3, 0.4) is 0 Å². The Labute approximate surface area is 146 Å². The summed E-state index contributed by atoms with van der Waals surface area (Å²) < 4.78 is 10.6. The van der Waals surface area contributed by atoms with Crippen LogP contribution in [0.25, 0.3) is 16.1 Å². The Morgan fingerprint density at radius 3 is 3.00 bits per heavy atom. The number of anilines is 1. The molecule has 24 heavy (non-hydrogen) atoms. The average Bonchev–Trinajstić information content (AvgIpc) is 3.35. The summed E-state index contributed by atoms with van der Waals surface area (Å²) in [5.74, 6) is 1.42. The van der Waals surface area contributed by atoms with Crippen molar-refractivity contribution in [3.63, 3.8) is 0 Å². The summed E-state index contributed by atoms with van der Waals surface area (Å²) in [6.07, 6.45) is 1.66. The highest BCUT2D eigenvalue weighted by Gasteiger charge is 2.13. The molecule has 0 unspecified atom stereocenters. The summed E-state index contributed by atoms with van der Waals surface area (Å²) in [5.41, 5.74) is 2.21. The van der Waals surface area contributed by atoms with Gasteiger partial charge in [-0.3, -0.25) is 0 Å². The van der Waals surface area contributed by atoms with Crippen molar-refractivity contribution in [3.05, 3.63) is 52.3 Å². The first-order chi connectivity index (χ1) is 11.8. The van der Waals surface area contributed by atoms with Gasteiger partial charge in [0.05, 0.1) is 10.6 Å². The molecule has 0 fully saturated rings. The van der Waals surface area contributed by atoms with Crippen molar-refractivity contribution in [1.29, 1.82) is 5.26 Å². The molecule has 118 valence electrons. The van der Waals surface area contributed by atoms with Crippen molar-refractivity contribution in [1.82, 2.24) is 4.98 Å². The van der Waals surface area contributed by atoms with Crippen LogP contribution in [0.5, 0.6) is 11.5 Å². The predicted molar refractivity (Wildman–Crippen MR) is 95.2 cm³/mol. The maximum absolute atomic E-state index is 9.42. The summed E-state index contributed by atoms with van der Waals surface area (Å²) in [4.78, 5) is 5.64. The van der Waals surface area contributed by atoms with E-state index in [1.807, 2.05) is 41.1 Å². The second kappa shape index (κ2) is 6.35. The summed E-state index contributed by atoms with van der Waals surface area (Å²) in [7, 11) is 0. The van der Waals surface area contributed by atoms with Crippen LogP contribution in [0.15, 0.2) is 47.3 Å². The molecular formula is C17H11N3O2S2. The van der Waals surface area contributed by atoms with Gasteiger partial charge in [0.1, 0.15) is 16.6 Å². The number of thiazole rings is 1. The zero-order valence-electron chi connectivity index (χ0n) is 12.4. The Morgan fingerprint density at radius 1 is 1.25 bits per heavy atom. The van der Waals surface area contributed by atoms with Crippen molar-refractivity contribution in [2.24, 2.45) is 0 Å². The van der Waals surface area contributed by atoms with Gasteiger partial charge in [0.15, 0.2) is 11.5 Å². The normalized spacial score (nSPS) is 12.9. The first-order valence-electron chi connectivity index (χ1n) is 7.10. The molecule has 1 N–H and O–H groups in total.